The maximum absolute atomic E-state index is 13.3. The van der Waals surface area contributed by atoms with Crippen LogP contribution in [0.15, 0.2) is 18.2 Å². The number of likely N-dealkylation sites (tertiary alicyclic amines) is 1. The number of carbonyl (C=O) groups excluding carboxylic acids is 6. The molecule has 1 aromatic rings. The molecule has 0 aliphatic carbocycles. The number of carboxylic acids is 1. The normalized spacial score (nSPS) is 14.5. The first-order chi connectivity index (χ1) is 26.1. The van der Waals surface area contributed by atoms with E-state index in [4.69, 9.17) is 19.3 Å². The van der Waals surface area contributed by atoms with Gasteiger partial charge >= 0.3 is 18.2 Å². The molecule has 6 amide bonds. The molecule has 1 fully saturated rings. The predicted octanol–water partition coefficient (Wildman–Crippen LogP) is 0.935. The third kappa shape index (κ3) is 17.7. The van der Waals surface area contributed by atoms with Crippen LogP contribution in [0.1, 0.15) is 49.8 Å². The van der Waals surface area contributed by atoms with Gasteiger partial charge in [-0.15, -0.1) is 11.8 Å². The van der Waals surface area contributed by atoms with Crippen LogP contribution in [-0.2, 0) is 39.9 Å². The molecule has 2 unspecified atom stereocenters. The molecule has 0 aromatic heterocycles. The van der Waals surface area contributed by atoms with Gasteiger partial charge in [0.25, 0.3) is 0 Å². The molecule has 2 rings (SSSR count). The number of imide groups is 1. The Hall–Kier alpha value is -4.46. The predicted molar refractivity (Wildman–Crippen MR) is 205 cm³/mol. The molecule has 2 atom stereocenters. The Morgan fingerprint density at radius 2 is 1.65 bits per heavy atom. The van der Waals surface area contributed by atoms with Gasteiger partial charge in [-0.2, -0.15) is 0 Å². The Morgan fingerprint density at radius 1 is 0.982 bits per heavy atom. The fraction of sp³-hybridized carbons (Fsp3) is 0.639. The highest BCUT2D eigenvalue weighted by atomic mass is 32.2. The average Bonchev–Trinajstić information content (AvgIpc) is 3.40. The highest BCUT2D eigenvalue weighted by Crippen LogP contribution is 2.28. The number of alkyl carbamates (subject to hydrolysis) is 1. The number of hydrogen-bond acceptors (Lipinski definition) is 13. The van der Waals surface area contributed by atoms with Crippen LogP contribution in [0.4, 0.5) is 9.59 Å². The van der Waals surface area contributed by atoms with Crippen molar-refractivity contribution in [3.8, 4) is 5.75 Å². The SMILES string of the molecule is CCc1cc(C(COCC(=O)NCCSC2CC(=O)N(CCC(=O)NCC(=O)O)C2=O)OC(=O)NC)ccc1OC(=O)N(CCCN(C)C)CCCN(C)C. The molecule has 1 aliphatic heterocycles. The van der Waals surface area contributed by atoms with Crippen molar-refractivity contribution in [1.82, 2.24) is 35.6 Å². The molecule has 55 heavy (non-hydrogen) atoms. The van der Waals surface area contributed by atoms with Gasteiger partial charge in [-0.1, -0.05) is 13.0 Å². The van der Waals surface area contributed by atoms with Gasteiger partial charge in [-0.05, 0) is 83.8 Å². The van der Waals surface area contributed by atoms with E-state index in [-0.39, 0.29) is 39.1 Å². The first-order valence-electron chi connectivity index (χ1n) is 18.2. The minimum atomic E-state index is -1.20. The first-order valence-corrected chi connectivity index (χ1v) is 19.3. The van der Waals surface area contributed by atoms with E-state index in [1.54, 1.807) is 23.1 Å². The summed E-state index contributed by atoms with van der Waals surface area (Å²) in [4.78, 5) is 92.2. The van der Waals surface area contributed by atoms with Crippen molar-refractivity contribution in [2.75, 3.05) is 100 Å². The van der Waals surface area contributed by atoms with Crippen molar-refractivity contribution in [2.24, 2.45) is 0 Å². The summed E-state index contributed by atoms with van der Waals surface area (Å²) in [5, 5.41) is 15.3. The van der Waals surface area contributed by atoms with Crippen molar-refractivity contribution in [2.45, 2.75) is 50.4 Å². The second-order valence-electron chi connectivity index (χ2n) is 13.3. The minimum absolute atomic E-state index is 0.0419. The van der Waals surface area contributed by atoms with Crippen LogP contribution in [0.2, 0.25) is 0 Å². The standard InChI is InChI=1S/C36H57N7O11S/c1-7-25-20-26(10-11-27(25)54-36(51)42(16-8-14-40(3)4)17-9-15-41(5)6)28(53-35(50)37-2)23-52-24-31(45)38-13-19-55-29-21-32(46)43(34(29)49)18-12-30(44)39-22-33(47)48/h10-11,20,28-29H,7-9,12-19,21-24H2,1-6H3,(H,37,50)(H,38,45)(H,39,44)(H,47,48). The second-order valence-corrected chi connectivity index (χ2v) is 14.6. The van der Waals surface area contributed by atoms with E-state index in [0.29, 0.717) is 36.6 Å². The Bertz CT molecular complexity index is 1450. The summed E-state index contributed by atoms with van der Waals surface area (Å²) >= 11 is 1.20. The van der Waals surface area contributed by atoms with Gasteiger partial charge in [0.2, 0.25) is 23.6 Å². The Labute approximate surface area is 326 Å². The van der Waals surface area contributed by atoms with Crippen LogP contribution < -0.4 is 20.7 Å². The smallest absolute Gasteiger partial charge is 0.415 e. The van der Waals surface area contributed by atoms with Crippen molar-refractivity contribution in [3.05, 3.63) is 29.3 Å². The van der Waals surface area contributed by atoms with Crippen molar-refractivity contribution >= 4 is 53.5 Å². The van der Waals surface area contributed by atoms with Gasteiger partial charge in [0.15, 0.2) is 6.10 Å². The van der Waals surface area contributed by atoms with Gasteiger partial charge in [0.05, 0.1) is 11.9 Å². The van der Waals surface area contributed by atoms with Crippen LogP contribution in [0, 0.1) is 0 Å². The molecule has 1 saturated heterocycles. The molecular formula is C36H57N7O11S. The summed E-state index contributed by atoms with van der Waals surface area (Å²) < 4.78 is 17.0. The van der Waals surface area contributed by atoms with Crippen molar-refractivity contribution < 1.29 is 52.9 Å². The number of ether oxygens (including phenoxy) is 3. The van der Waals surface area contributed by atoms with Crippen molar-refractivity contribution in [3.63, 3.8) is 0 Å². The van der Waals surface area contributed by atoms with E-state index in [9.17, 15) is 33.6 Å². The highest BCUT2D eigenvalue weighted by Gasteiger charge is 2.38. The average molecular weight is 796 g/mol. The lowest BCUT2D eigenvalue weighted by atomic mass is 10.0. The zero-order chi connectivity index (χ0) is 40.9. The van der Waals surface area contributed by atoms with Crippen LogP contribution in [0.5, 0.6) is 5.75 Å². The number of thioether (sulfide) groups is 1. The summed E-state index contributed by atoms with van der Waals surface area (Å²) in [5.41, 5.74) is 1.30. The monoisotopic (exact) mass is 795 g/mol. The van der Waals surface area contributed by atoms with Crippen LogP contribution in [0.3, 0.4) is 0 Å². The van der Waals surface area contributed by atoms with E-state index >= 15 is 0 Å². The Balaban J connectivity index is 1.91. The van der Waals surface area contributed by atoms with E-state index in [1.165, 1.54) is 18.8 Å². The number of carbonyl (C=O) groups is 7. The second kappa shape index (κ2) is 24.8. The number of hydrogen-bond donors (Lipinski definition) is 4. The van der Waals surface area contributed by atoms with Gasteiger partial charge in [0, 0.05) is 51.8 Å². The zero-order valence-corrected chi connectivity index (χ0v) is 33.5. The molecule has 1 aromatic carbocycles. The minimum Gasteiger partial charge on any atom is -0.480 e. The molecule has 308 valence electrons. The summed E-state index contributed by atoms with van der Waals surface area (Å²) in [6.07, 6.45) is -0.151. The van der Waals surface area contributed by atoms with E-state index in [2.05, 4.69) is 25.8 Å². The summed E-state index contributed by atoms with van der Waals surface area (Å²) in [6, 6.07) is 5.13. The van der Waals surface area contributed by atoms with Gasteiger partial charge in [-0.3, -0.25) is 28.9 Å². The van der Waals surface area contributed by atoms with E-state index in [0.717, 1.165) is 36.4 Å². The number of nitrogens with one attached hydrogen (secondary N) is 3. The van der Waals surface area contributed by atoms with Crippen molar-refractivity contribution in [1.29, 1.82) is 0 Å². The number of carboxylic acid groups (broad SMARTS) is 1. The molecular weight excluding hydrogens is 739 g/mol. The number of nitrogens with zero attached hydrogens (tertiary/aromatic N) is 4. The highest BCUT2D eigenvalue weighted by molar-refractivity contribution is 8.00. The topological polar surface area (TPSA) is 216 Å². The summed E-state index contributed by atoms with van der Waals surface area (Å²) in [6.45, 7) is 3.68. The molecule has 1 heterocycles. The molecule has 1 aliphatic rings. The largest absolute Gasteiger partial charge is 0.480 e. The van der Waals surface area contributed by atoms with Crippen LogP contribution >= 0.6 is 11.8 Å². The molecule has 0 spiro atoms. The van der Waals surface area contributed by atoms with E-state index in [1.807, 2.05) is 35.1 Å². The fourth-order valence-corrected chi connectivity index (χ4v) is 6.40. The van der Waals surface area contributed by atoms with Gasteiger partial charge in [-0.25, -0.2) is 9.59 Å². The van der Waals surface area contributed by atoms with E-state index < -0.39 is 59.7 Å². The number of rotatable bonds is 25. The molecule has 18 nitrogen and oxygen atoms in total. The first kappa shape index (κ1) is 46.7. The Morgan fingerprint density at radius 3 is 2.25 bits per heavy atom. The maximum Gasteiger partial charge on any atom is 0.415 e. The molecule has 0 radical (unpaired) electrons. The summed E-state index contributed by atoms with van der Waals surface area (Å²) in [7, 11) is 9.36. The zero-order valence-electron chi connectivity index (χ0n) is 32.7. The lowest BCUT2D eigenvalue weighted by molar-refractivity contribution is -0.140. The number of aliphatic carboxylic acids is 1. The molecule has 4 N–H and O–H groups in total. The number of aryl methyl sites for hydroxylation is 1. The summed E-state index contributed by atoms with van der Waals surface area (Å²) in [5.74, 6) is -2.38. The van der Waals surface area contributed by atoms with Crippen LogP contribution in [0.25, 0.3) is 0 Å². The van der Waals surface area contributed by atoms with Gasteiger partial charge in [0.1, 0.15) is 18.9 Å². The third-order valence-electron chi connectivity index (χ3n) is 8.26. The molecule has 19 heteroatoms. The third-order valence-corrected chi connectivity index (χ3v) is 9.47. The fourth-order valence-electron chi connectivity index (χ4n) is 5.37. The number of amides is 6. The molecule has 0 bridgehead atoms. The lowest BCUT2D eigenvalue weighted by Gasteiger charge is -2.24. The quantitative estimate of drug-likeness (QED) is 0.0801. The maximum atomic E-state index is 13.3. The Kier molecular flexibility index (Phi) is 21.1. The lowest BCUT2D eigenvalue weighted by Crippen LogP contribution is -2.37. The van der Waals surface area contributed by atoms with Crippen LogP contribution in [-0.4, -0.2) is 172 Å². The molecule has 0 saturated carbocycles. The van der Waals surface area contributed by atoms with Gasteiger partial charge < -0.3 is 50.0 Å². The number of benzene rings is 1.